The van der Waals surface area contributed by atoms with Crippen LogP contribution in [0.15, 0.2) is 23.1 Å². The summed E-state index contributed by atoms with van der Waals surface area (Å²) in [5.74, 6) is 0.362. The second kappa shape index (κ2) is 2.79. The Balaban J connectivity index is 2.89. The molecule has 3 nitrogen and oxygen atoms in total. The third kappa shape index (κ3) is 2.17. The molecule has 0 fully saturated rings. The van der Waals surface area contributed by atoms with E-state index in [9.17, 15) is 8.42 Å². The molecule has 0 saturated heterocycles. The highest BCUT2D eigenvalue weighted by Crippen LogP contribution is 2.18. The molecule has 0 aliphatic heterocycles. The maximum atomic E-state index is 10.5. The summed E-state index contributed by atoms with van der Waals surface area (Å²) in [7, 11) is -3.97. The van der Waals surface area contributed by atoms with Gasteiger partial charge in [0.05, 0.1) is 4.91 Å². The lowest BCUT2D eigenvalue weighted by atomic mass is 10.0. The van der Waals surface area contributed by atoms with Crippen LogP contribution in [-0.4, -0.2) is 13.0 Å². The third-order valence-corrected chi connectivity index (χ3v) is 2.48. The van der Waals surface area contributed by atoms with Crippen molar-refractivity contribution >= 4 is 10.1 Å². The first-order valence-electron chi connectivity index (χ1n) is 3.36. The van der Waals surface area contributed by atoms with Gasteiger partial charge in [0.1, 0.15) is 0 Å². The molecule has 0 radical (unpaired) electrons. The molecule has 0 aromatic rings. The second-order valence-corrected chi connectivity index (χ2v) is 4.08. The Hall–Kier alpha value is -0.610. The van der Waals surface area contributed by atoms with Crippen molar-refractivity contribution in [3.05, 3.63) is 23.1 Å². The molecule has 0 aromatic carbocycles. The number of hydrogen-bond acceptors (Lipinski definition) is 2. The minimum absolute atomic E-state index is 0.00981. The molecular formula is C7H10O3S. The van der Waals surface area contributed by atoms with Crippen LogP contribution in [0.25, 0.3) is 0 Å². The largest absolute Gasteiger partial charge is 0.294 e. The van der Waals surface area contributed by atoms with Crippen LogP contribution in [-0.2, 0) is 10.1 Å². The van der Waals surface area contributed by atoms with Crippen LogP contribution in [0.1, 0.15) is 13.3 Å². The summed E-state index contributed by atoms with van der Waals surface area (Å²) in [5.41, 5.74) is 0. The summed E-state index contributed by atoms with van der Waals surface area (Å²) in [6.45, 7) is 1.98. The molecule has 0 aromatic heterocycles. The Morgan fingerprint density at radius 3 is 2.64 bits per heavy atom. The molecule has 1 atom stereocenters. The van der Waals surface area contributed by atoms with E-state index in [0.717, 1.165) is 0 Å². The SMILES string of the molecule is C[C@H]1C=CC(S(=O)(=O)O)=CC1. The summed E-state index contributed by atoms with van der Waals surface area (Å²) in [6.07, 6.45) is 5.40. The Labute approximate surface area is 66.2 Å². The summed E-state index contributed by atoms with van der Waals surface area (Å²) in [6, 6.07) is 0. The van der Waals surface area contributed by atoms with Crippen molar-refractivity contribution in [2.24, 2.45) is 5.92 Å². The van der Waals surface area contributed by atoms with E-state index in [1.807, 2.05) is 6.92 Å². The minimum Gasteiger partial charge on any atom is -0.282 e. The molecule has 62 valence electrons. The van der Waals surface area contributed by atoms with Crippen LogP contribution in [0.3, 0.4) is 0 Å². The maximum Gasteiger partial charge on any atom is 0.294 e. The third-order valence-electron chi connectivity index (χ3n) is 1.58. The van der Waals surface area contributed by atoms with E-state index in [2.05, 4.69) is 0 Å². The summed E-state index contributed by atoms with van der Waals surface area (Å²) in [4.78, 5) is 0.00981. The Bertz CT molecular complexity index is 298. The number of hydrogen-bond donors (Lipinski definition) is 1. The van der Waals surface area contributed by atoms with Gasteiger partial charge >= 0.3 is 0 Å². The average molecular weight is 174 g/mol. The normalized spacial score (nSPS) is 24.9. The molecule has 11 heavy (non-hydrogen) atoms. The van der Waals surface area contributed by atoms with E-state index in [1.165, 1.54) is 12.2 Å². The molecule has 0 spiro atoms. The van der Waals surface area contributed by atoms with Gasteiger partial charge in [0, 0.05) is 0 Å². The van der Waals surface area contributed by atoms with Crippen molar-refractivity contribution in [3.63, 3.8) is 0 Å². The average Bonchev–Trinajstić information content (AvgIpc) is 1.86. The molecule has 0 bridgehead atoms. The highest BCUT2D eigenvalue weighted by molar-refractivity contribution is 7.90. The zero-order chi connectivity index (χ0) is 8.48. The van der Waals surface area contributed by atoms with Gasteiger partial charge in [0.15, 0.2) is 0 Å². The van der Waals surface area contributed by atoms with E-state index < -0.39 is 10.1 Å². The van der Waals surface area contributed by atoms with Gasteiger partial charge in [-0.25, -0.2) is 0 Å². The molecule has 0 unspecified atom stereocenters. The van der Waals surface area contributed by atoms with Crippen LogP contribution in [0.2, 0.25) is 0 Å². The van der Waals surface area contributed by atoms with Crippen LogP contribution < -0.4 is 0 Å². The van der Waals surface area contributed by atoms with Gasteiger partial charge in [-0.2, -0.15) is 8.42 Å². The first kappa shape index (κ1) is 8.49. The smallest absolute Gasteiger partial charge is 0.282 e. The predicted molar refractivity (Wildman–Crippen MR) is 42.6 cm³/mol. The van der Waals surface area contributed by atoms with Crippen LogP contribution >= 0.6 is 0 Å². The van der Waals surface area contributed by atoms with Gasteiger partial charge in [0.2, 0.25) is 0 Å². The van der Waals surface area contributed by atoms with Crippen molar-refractivity contribution in [2.75, 3.05) is 0 Å². The van der Waals surface area contributed by atoms with E-state index in [1.54, 1.807) is 6.08 Å². The molecule has 0 amide bonds. The fourth-order valence-electron chi connectivity index (χ4n) is 0.899. The topological polar surface area (TPSA) is 54.4 Å². The Morgan fingerprint density at radius 1 is 1.64 bits per heavy atom. The predicted octanol–water partition coefficient (Wildman–Crippen LogP) is 1.35. The van der Waals surface area contributed by atoms with E-state index in [4.69, 9.17) is 4.55 Å². The van der Waals surface area contributed by atoms with Crippen molar-refractivity contribution in [1.29, 1.82) is 0 Å². The van der Waals surface area contributed by atoms with Gasteiger partial charge in [0.25, 0.3) is 10.1 Å². The summed E-state index contributed by atoms with van der Waals surface area (Å²) < 4.78 is 29.6. The van der Waals surface area contributed by atoms with Gasteiger partial charge in [-0.15, -0.1) is 0 Å². The fraction of sp³-hybridized carbons (Fsp3) is 0.429. The van der Waals surface area contributed by atoms with Gasteiger partial charge in [-0.05, 0) is 18.4 Å². The van der Waals surface area contributed by atoms with Crippen molar-refractivity contribution in [3.8, 4) is 0 Å². The van der Waals surface area contributed by atoms with Gasteiger partial charge in [-0.3, -0.25) is 4.55 Å². The molecule has 1 rings (SSSR count). The standard InChI is InChI=1S/C7H10O3S/c1-6-2-4-7(5-3-6)11(8,9)10/h2,4-6H,3H2,1H3,(H,8,9,10)/t6-/m0/s1. The zero-order valence-corrected chi connectivity index (χ0v) is 7.00. The number of allylic oxidation sites excluding steroid dienone is 3. The highest BCUT2D eigenvalue weighted by Gasteiger charge is 2.13. The van der Waals surface area contributed by atoms with Crippen molar-refractivity contribution in [1.82, 2.24) is 0 Å². The molecule has 0 heterocycles. The molecule has 1 aliphatic carbocycles. The zero-order valence-electron chi connectivity index (χ0n) is 6.19. The molecule has 0 saturated carbocycles. The van der Waals surface area contributed by atoms with E-state index >= 15 is 0 Å². The van der Waals surface area contributed by atoms with Crippen molar-refractivity contribution < 1.29 is 13.0 Å². The highest BCUT2D eigenvalue weighted by atomic mass is 32.2. The maximum absolute atomic E-state index is 10.5. The van der Waals surface area contributed by atoms with Crippen LogP contribution in [0.4, 0.5) is 0 Å². The molecule has 1 aliphatic rings. The van der Waals surface area contributed by atoms with Gasteiger partial charge < -0.3 is 0 Å². The molecule has 1 N–H and O–H groups in total. The van der Waals surface area contributed by atoms with Crippen LogP contribution in [0, 0.1) is 5.92 Å². The lowest BCUT2D eigenvalue weighted by molar-refractivity contribution is 0.491. The Kier molecular flexibility index (Phi) is 2.15. The summed E-state index contributed by atoms with van der Waals surface area (Å²) >= 11 is 0. The molecular weight excluding hydrogens is 164 g/mol. The van der Waals surface area contributed by atoms with E-state index in [-0.39, 0.29) is 4.91 Å². The van der Waals surface area contributed by atoms with E-state index in [0.29, 0.717) is 12.3 Å². The summed E-state index contributed by atoms with van der Waals surface area (Å²) in [5, 5.41) is 0. The van der Waals surface area contributed by atoms with Crippen LogP contribution in [0.5, 0.6) is 0 Å². The second-order valence-electron chi connectivity index (χ2n) is 2.65. The molecule has 4 heteroatoms. The fourth-order valence-corrected chi connectivity index (χ4v) is 1.46. The minimum atomic E-state index is -3.97. The monoisotopic (exact) mass is 174 g/mol. The number of rotatable bonds is 1. The quantitative estimate of drug-likeness (QED) is 0.610. The van der Waals surface area contributed by atoms with Gasteiger partial charge in [-0.1, -0.05) is 19.1 Å². The Morgan fingerprint density at radius 2 is 2.27 bits per heavy atom. The lowest BCUT2D eigenvalue weighted by Gasteiger charge is -2.08. The first-order valence-corrected chi connectivity index (χ1v) is 4.80. The lowest BCUT2D eigenvalue weighted by Crippen LogP contribution is -2.04. The van der Waals surface area contributed by atoms with Crippen molar-refractivity contribution in [2.45, 2.75) is 13.3 Å². The first-order chi connectivity index (χ1) is 5.00.